The molecule has 1 N–H and O–H groups in total. The van der Waals surface area contributed by atoms with Crippen LogP contribution in [0.4, 0.5) is 5.69 Å². The SMILES string of the molecule is COc1ccc(-c2cc(C(=O)N3CCC4(CC3)Nc3ccccc3-n3cccc34)no2)cc1. The zero-order valence-electron chi connectivity index (χ0n) is 18.3. The second-order valence-electron chi connectivity index (χ2n) is 8.58. The predicted molar refractivity (Wildman–Crippen MR) is 125 cm³/mol. The van der Waals surface area contributed by atoms with Gasteiger partial charge in [-0.2, -0.15) is 0 Å². The molecule has 4 heterocycles. The number of amides is 1. The predicted octanol–water partition coefficient (Wildman–Crippen LogP) is 4.70. The van der Waals surface area contributed by atoms with Crippen molar-refractivity contribution in [3.63, 3.8) is 0 Å². The summed E-state index contributed by atoms with van der Waals surface area (Å²) in [5.74, 6) is 1.24. The average molecular weight is 441 g/mol. The number of para-hydroxylation sites is 2. The minimum absolute atomic E-state index is 0.0973. The number of fused-ring (bicyclic) bond motifs is 4. The Kier molecular flexibility index (Phi) is 4.50. The van der Waals surface area contributed by atoms with E-state index in [1.54, 1.807) is 13.2 Å². The molecule has 0 aliphatic carbocycles. The number of rotatable bonds is 3. The lowest BCUT2D eigenvalue weighted by atomic mass is 9.82. The van der Waals surface area contributed by atoms with E-state index >= 15 is 0 Å². The molecule has 33 heavy (non-hydrogen) atoms. The van der Waals surface area contributed by atoms with Crippen LogP contribution >= 0.6 is 0 Å². The standard InChI is InChI=1S/C26H24N4O3/c1-32-19-10-8-18(9-11-19)23-17-21(28-33-23)25(31)29-15-12-26(13-16-29)24-7-4-14-30(24)22-6-3-2-5-20(22)27-26/h2-11,14,17,27H,12-13,15-16H2,1H3. The quantitative estimate of drug-likeness (QED) is 0.500. The highest BCUT2D eigenvalue weighted by Gasteiger charge is 2.42. The van der Waals surface area contributed by atoms with E-state index in [4.69, 9.17) is 9.26 Å². The molecule has 1 saturated heterocycles. The van der Waals surface area contributed by atoms with Gasteiger partial charge in [-0.3, -0.25) is 4.79 Å². The first-order valence-electron chi connectivity index (χ1n) is 11.1. The molecular formula is C26H24N4O3. The summed E-state index contributed by atoms with van der Waals surface area (Å²) in [6, 6.07) is 21.8. The van der Waals surface area contributed by atoms with E-state index in [2.05, 4.69) is 57.6 Å². The molecule has 1 fully saturated rings. The molecule has 0 radical (unpaired) electrons. The highest BCUT2D eigenvalue weighted by molar-refractivity contribution is 5.93. The third-order valence-electron chi connectivity index (χ3n) is 6.78. The number of nitrogens with one attached hydrogen (secondary N) is 1. The maximum absolute atomic E-state index is 13.2. The van der Waals surface area contributed by atoms with Crippen molar-refractivity contribution in [1.29, 1.82) is 0 Å². The first kappa shape index (κ1) is 19.7. The molecule has 4 aromatic rings. The fraction of sp³-hybridized carbons (Fsp3) is 0.231. The van der Waals surface area contributed by atoms with Gasteiger partial charge in [0.25, 0.3) is 5.91 Å². The van der Waals surface area contributed by atoms with Gasteiger partial charge in [-0.1, -0.05) is 17.3 Å². The Bertz CT molecular complexity index is 1310. The molecule has 0 unspecified atom stereocenters. The van der Waals surface area contributed by atoms with Gasteiger partial charge in [-0.05, 0) is 61.4 Å². The van der Waals surface area contributed by atoms with Crippen LogP contribution in [0.3, 0.4) is 0 Å². The van der Waals surface area contributed by atoms with E-state index in [1.807, 2.05) is 29.2 Å². The van der Waals surface area contributed by atoms with Crippen LogP contribution in [0.25, 0.3) is 17.0 Å². The molecule has 1 spiro atoms. The average Bonchev–Trinajstić information content (AvgIpc) is 3.56. The number of carbonyl (C=O) groups is 1. The van der Waals surface area contributed by atoms with Crippen molar-refractivity contribution in [2.45, 2.75) is 18.4 Å². The van der Waals surface area contributed by atoms with Crippen molar-refractivity contribution in [3.05, 3.63) is 84.3 Å². The molecule has 0 atom stereocenters. The summed E-state index contributed by atoms with van der Waals surface area (Å²) < 4.78 is 12.9. The van der Waals surface area contributed by atoms with Gasteiger partial charge in [0.15, 0.2) is 11.5 Å². The first-order valence-corrected chi connectivity index (χ1v) is 11.1. The Morgan fingerprint density at radius 3 is 2.64 bits per heavy atom. The lowest BCUT2D eigenvalue weighted by molar-refractivity contribution is 0.0666. The van der Waals surface area contributed by atoms with Crippen LogP contribution in [-0.4, -0.2) is 40.7 Å². The van der Waals surface area contributed by atoms with E-state index in [1.165, 1.54) is 5.69 Å². The number of benzene rings is 2. The smallest absolute Gasteiger partial charge is 0.276 e. The number of methoxy groups -OCH3 is 1. The van der Waals surface area contributed by atoms with E-state index in [0.29, 0.717) is 24.5 Å². The molecule has 2 aromatic heterocycles. The van der Waals surface area contributed by atoms with Gasteiger partial charge >= 0.3 is 0 Å². The summed E-state index contributed by atoms with van der Waals surface area (Å²) in [6.45, 7) is 1.29. The Labute approximate surface area is 191 Å². The topological polar surface area (TPSA) is 72.5 Å². The van der Waals surface area contributed by atoms with Gasteiger partial charge in [-0.25, -0.2) is 0 Å². The first-order chi connectivity index (χ1) is 16.2. The number of nitrogens with zero attached hydrogens (tertiary/aromatic N) is 3. The summed E-state index contributed by atoms with van der Waals surface area (Å²) >= 11 is 0. The summed E-state index contributed by atoms with van der Waals surface area (Å²) in [4.78, 5) is 15.0. The van der Waals surface area contributed by atoms with Gasteiger partial charge in [0.1, 0.15) is 5.75 Å². The molecular weight excluding hydrogens is 416 g/mol. The van der Waals surface area contributed by atoms with Crippen molar-refractivity contribution < 1.29 is 14.1 Å². The molecule has 2 aliphatic heterocycles. The lowest BCUT2D eigenvalue weighted by Gasteiger charge is -2.46. The van der Waals surface area contributed by atoms with Crippen LogP contribution in [0.15, 0.2) is 77.4 Å². The minimum Gasteiger partial charge on any atom is -0.497 e. The molecule has 6 rings (SSSR count). The number of ether oxygens (including phenoxy) is 1. The van der Waals surface area contributed by atoms with Crippen molar-refractivity contribution in [2.75, 3.05) is 25.5 Å². The Morgan fingerprint density at radius 1 is 1.06 bits per heavy atom. The molecule has 1 amide bonds. The number of hydrogen-bond donors (Lipinski definition) is 1. The lowest BCUT2D eigenvalue weighted by Crippen LogP contribution is -2.51. The van der Waals surface area contributed by atoms with E-state index < -0.39 is 0 Å². The van der Waals surface area contributed by atoms with Crippen molar-refractivity contribution in [2.24, 2.45) is 0 Å². The van der Waals surface area contributed by atoms with Crippen molar-refractivity contribution in [3.8, 4) is 22.8 Å². The molecule has 2 aliphatic rings. The largest absolute Gasteiger partial charge is 0.497 e. The Morgan fingerprint density at radius 2 is 1.85 bits per heavy atom. The van der Waals surface area contributed by atoms with Crippen LogP contribution in [0.1, 0.15) is 29.0 Å². The van der Waals surface area contributed by atoms with E-state index in [-0.39, 0.29) is 11.4 Å². The normalized spacial score (nSPS) is 16.1. The summed E-state index contributed by atoms with van der Waals surface area (Å²) in [5.41, 5.74) is 4.54. The zero-order valence-corrected chi connectivity index (χ0v) is 18.3. The number of likely N-dealkylation sites (tertiary alicyclic amines) is 1. The fourth-order valence-electron chi connectivity index (χ4n) is 4.99. The second-order valence-corrected chi connectivity index (χ2v) is 8.58. The van der Waals surface area contributed by atoms with Crippen LogP contribution in [0.5, 0.6) is 5.75 Å². The molecule has 2 aromatic carbocycles. The Hall–Kier alpha value is -4.00. The van der Waals surface area contributed by atoms with Crippen molar-refractivity contribution >= 4 is 11.6 Å². The zero-order chi connectivity index (χ0) is 22.4. The number of aromatic nitrogens is 2. The number of anilines is 1. The maximum atomic E-state index is 13.2. The van der Waals surface area contributed by atoms with E-state index in [9.17, 15) is 4.79 Å². The van der Waals surface area contributed by atoms with Gasteiger partial charge in [0.05, 0.1) is 24.0 Å². The van der Waals surface area contributed by atoms with Gasteiger partial charge in [0, 0.05) is 36.6 Å². The summed E-state index contributed by atoms with van der Waals surface area (Å²) in [7, 11) is 1.63. The van der Waals surface area contributed by atoms with Crippen molar-refractivity contribution in [1.82, 2.24) is 14.6 Å². The number of piperidine rings is 1. The molecule has 7 nitrogen and oxygen atoms in total. The Balaban J connectivity index is 1.19. The monoisotopic (exact) mass is 440 g/mol. The maximum Gasteiger partial charge on any atom is 0.276 e. The van der Waals surface area contributed by atoms with Crippen LogP contribution < -0.4 is 10.1 Å². The molecule has 166 valence electrons. The summed E-state index contributed by atoms with van der Waals surface area (Å²) in [5, 5.41) is 7.84. The van der Waals surface area contributed by atoms with Gasteiger partial charge in [0.2, 0.25) is 0 Å². The van der Waals surface area contributed by atoms with E-state index in [0.717, 1.165) is 35.5 Å². The van der Waals surface area contributed by atoms with Crippen LogP contribution in [0, 0.1) is 0 Å². The molecule has 0 bridgehead atoms. The number of carbonyl (C=O) groups excluding carboxylic acids is 1. The minimum atomic E-state index is -0.188. The third kappa shape index (κ3) is 3.19. The number of hydrogen-bond acceptors (Lipinski definition) is 5. The highest BCUT2D eigenvalue weighted by Crippen LogP contribution is 2.43. The fourth-order valence-corrected chi connectivity index (χ4v) is 4.99. The van der Waals surface area contributed by atoms with Crippen LogP contribution in [0.2, 0.25) is 0 Å². The summed E-state index contributed by atoms with van der Waals surface area (Å²) in [6.07, 6.45) is 3.75. The molecule has 7 heteroatoms. The van der Waals surface area contributed by atoms with Gasteiger partial charge in [-0.15, -0.1) is 0 Å². The van der Waals surface area contributed by atoms with Gasteiger partial charge < -0.3 is 24.0 Å². The second kappa shape index (κ2) is 7.55. The third-order valence-corrected chi connectivity index (χ3v) is 6.78. The highest BCUT2D eigenvalue weighted by atomic mass is 16.5. The van der Waals surface area contributed by atoms with Crippen LogP contribution in [-0.2, 0) is 5.54 Å². The molecule has 0 saturated carbocycles.